The molecule has 1 aliphatic rings. The number of fused-ring (bicyclic) bond motifs is 1. The first-order valence-corrected chi connectivity index (χ1v) is 10.4. The van der Waals surface area contributed by atoms with E-state index in [4.69, 9.17) is 9.47 Å². The van der Waals surface area contributed by atoms with Crippen molar-refractivity contribution in [3.8, 4) is 5.75 Å². The van der Waals surface area contributed by atoms with Crippen LogP contribution in [-0.4, -0.2) is 18.1 Å². The number of hydrogen-bond donors (Lipinski definition) is 0. The maximum absolute atomic E-state index is 12.3. The molecule has 29 heavy (non-hydrogen) atoms. The van der Waals surface area contributed by atoms with E-state index in [0.29, 0.717) is 12.5 Å². The molecule has 1 saturated carbocycles. The van der Waals surface area contributed by atoms with Gasteiger partial charge in [0, 0.05) is 5.39 Å². The van der Waals surface area contributed by atoms with Crippen LogP contribution in [0.25, 0.3) is 10.9 Å². The second kappa shape index (κ2) is 9.08. The molecular weight excluding hydrogens is 362 g/mol. The van der Waals surface area contributed by atoms with E-state index in [2.05, 4.69) is 17.1 Å². The Balaban J connectivity index is 1.42. The van der Waals surface area contributed by atoms with Crippen LogP contribution >= 0.6 is 0 Å². The van der Waals surface area contributed by atoms with Gasteiger partial charge >= 0.3 is 5.97 Å². The lowest BCUT2D eigenvalue weighted by Gasteiger charge is -2.19. The zero-order valence-electron chi connectivity index (χ0n) is 16.8. The molecule has 0 saturated heterocycles. The molecule has 0 N–H and O–H groups in total. The SMILES string of the molecule is COC(=O)C(CC1CCCC1)c1ccc(OCc2ccc3ccccc3n2)cc1. The van der Waals surface area contributed by atoms with E-state index < -0.39 is 0 Å². The summed E-state index contributed by atoms with van der Waals surface area (Å²) in [6.07, 6.45) is 5.84. The van der Waals surface area contributed by atoms with Crippen LogP contribution in [0.4, 0.5) is 0 Å². The van der Waals surface area contributed by atoms with Gasteiger partial charge in [-0.3, -0.25) is 4.79 Å². The number of carbonyl (C=O) groups excluding carboxylic acids is 1. The lowest BCUT2D eigenvalue weighted by molar-refractivity contribution is -0.142. The molecular formula is C25H27NO3. The number of carbonyl (C=O) groups is 1. The van der Waals surface area contributed by atoms with Gasteiger partial charge in [-0.1, -0.05) is 62.1 Å². The molecule has 0 aliphatic heterocycles. The Morgan fingerprint density at radius 3 is 2.55 bits per heavy atom. The van der Waals surface area contributed by atoms with E-state index >= 15 is 0 Å². The molecule has 1 heterocycles. The second-order valence-electron chi connectivity index (χ2n) is 7.81. The summed E-state index contributed by atoms with van der Waals surface area (Å²) in [6.45, 7) is 0.409. The summed E-state index contributed by atoms with van der Waals surface area (Å²) in [4.78, 5) is 17.0. The van der Waals surface area contributed by atoms with Crippen molar-refractivity contribution in [2.24, 2.45) is 5.92 Å². The van der Waals surface area contributed by atoms with Crippen molar-refractivity contribution in [3.63, 3.8) is 0 Å². The lowest BCUT2D eigenvalue weighted by atomic mass is 9.88. The van der Waals surface area contributed by atoms with Crippen molar-refractivity contribution in [3.05, 3.63) is 71.9 Å². The summed E-state index contributed by atoms with van der Waals surface area (Å²) in [5.74, 6) is 1.05. The van der Waals surface area contributed by atoms with Gasteiger partial charge in [0.2, 0.25) is 0 Å². The van der Waals surface area contributed by atoms with E-state index in [1.807, 2.05) is 48.5 Å². The number of pyridine rings is 1. The summed E-state index contributed by atoms with van der Waals surface area (Å²) in [5.41, 5.74) is 2.86. The molecule has 3 aromatic rings. The van der Waals surface area contributed by atoms with Crippen molar-refractivity contribution in [2.75, 3.05) is 7.11 Å². The number of aromatic nitrogens is 1. The number of esters is 1. The van der Waals surface area contributed by atoms with Gasteiger partial charge in [-0.15, -0.1) is 0 Å². The van der Waals surface area contributed by atoms with E-state index in [1.54, 1.807) is 0 Å². The van der Waals surface area contributed by atoms with Crippen LogP contribution in [0.2, 0.25) is 0 Å². The quantitative estimate of drug-likeness (QED) is 0.490. The predicted octanol–water partition coefficient (Wildman–Crippen LogP) is 5.65. The van der Waals surface area contributed by atoms with Crippen LogP contribution < -0.4 is 4.74 Å². The van der Waals surface area contributed by atoms with Crippen molar-refractivity contribution in [1.29, 1.82) is 0 Å². The number of nitrogens with zero attached hydrogens (tertiary/aromatic N) is 1. The van der Waals surface area contributed by atoms with E-state index in [0.717, 1.165) is 34.3 Å². The highest BCUT2D eigenvalue weighted by atomic mass is 16.5. The van der Waals surface area contributed by atoms with Crippen molar-refractivity contribution < 1.29 is 14.3 Å². The molecule has 1 unspecified atom stereocenters. The van der Waals surface area contributed by atoms with Crippen LogP contribution in [0.3, 0.4) is 0 Å². The van der Waals surface area contributed by atoms with Gasteiger partial charge in [-0.2, -0.15) is 0 Å². The minimum absolute atomic E-state index is 0.147. The minimum Gasteiger partial charge on any atom is -0.487 e. The van der Waals surface area contributed by atoms with Crippen LogP contribution in [-0.2, 0) is 16.1 Å². The normalized spacial score (nSPS) is 15.3. The van der Waals surface area contributed by atoms with Crippen molar-refractivity contribution in [2.45, 2.75) is 44.6 Å². The number of hydrogen-bond acceptors (Lipinski definition) is 4. The minimum atomic E-state index is -0.195. The monoisotopic (exact) mass is 389 g/mol. The molecule has 0 bridgehead atoms. The fraction of sp³-hybridized carbons (Fsp3) is 0.360. The van der Waals surface area contributed by atoms with Gasteiger partial charge < -0.3 is 9.47 Å². The molecule has 4 nitrogen and oxygen atoms in total. The third-order valence-electron chi connectivity index (χ3n) is 5.85. The molecule has 150 valence electrons. The van der Waals surface area contributed by atoms with Crippen molar-refractivity contribution >= 4 is 16.9 Å². The number of benzene rings is 2. The zero-order valence-corrected chi connectivity index (χ0v) is 16.8. The van der Waals surface area contributed by atoms with Gasteiger partial charge in [-0.05, 0) is 42.2 Å². The largest absolute Gasteiger partial charge is 0.487 e. The number of para-hydroxylation sites is 1. The highest BCUT2D eigenvalue weighted by Gasteiger charge is 2.27. The molecule has 1 fully saturated rings. The summed E-state index contributed by atoms with van der Waals surface area (Å²) < 4.78 is 11.0. The Labute approximate surface area is 171 Å². The zero-order chi connectivity index (χ0) is 20.1. The lowest BCUT2D eigenvalue weighted by Crippen LogP contribution is -2.17. The van der Waals surface area contributed by atoms with Crippen LogP contribution in [0, 0.1) is 5.92 Å². The van der Waals surface area contributed by atoms with E-state index in [1.165, 1.54) is 32.8 Å². The molecule has 0 spiro atoms. The molecule has 4 rings (SSSR count). The van der Waals surface area contributed by atoms with Gasteiger partial charge in [0.25, 0.3) is 0 Å². The first kappa shape index (κ1) is 19.4. The van der Waals surface area contributed by atoms with Gasteiger partial charge in [0.1, 0.15) is 12.4 Å². The summed E-state index contributed by atoms with van der Waals surface area (Å²) in [7, 11) is 1.47. The second-order valence-corrected chi connectivity index (χ2v) is 7.81. The Kier molecular flexibility index (Phi) is 6.09. The van der Waals surface area contributed by atoms with Crippen LogP contribution in [0.5, 0.6) is 5.75 Å². The molecule has 1 atom stereocenters. The van der Waals surface area contributed by atoms with Gasteiger partial charge in [0.05, 0.1) is 24.2 Å². The highest BCUT2D eigenvalue weighted by Crippen LogP contribution is 2.35. The Hall–Kier alpha value is -2.88. The predicted molar refractivity (Wildman–Crippen MR) is 114 cm³/mol. The number of rotatable bonds is 7. The fourth-order valence-corrected chi connectivity index (χ4v) is 4.23. The maximum atomic E-state index is 12.3. The third kappa shape index (κ3) is 4.76. The number of methoxy groups -OCH3 is 1. The molecule has 1 aromatic heterocycles. The average Bonchev–Trinajstić information content (AvgIpc) is 3.29. The Bertz CT molecular complexity index is 961. The van der Waals surface area contributed by atoms with Crippen LogP contribution in [0.15, 0.2) is 60.7 Å². The fourth-order valence-electron chi connectivity index (χ4n) is 4.23. The molecule has 4 heteroatoms. The topological polar surface area (TPSA) is 48.4 Å². The van der Waals surface area contributed by atoms with Crippen molar-refractivity contribution in [1.82, 2.24) is 4.98 Å². The first-order valence-electron chi connectivity index (χ1n) is 10.4. The molecule has 1 aliphatic carbocycles. The Morgan fingerprint density at radius 2 is 1.79 bits per heavy atom. The third-order valence-corrected chi connectivity index (χ3v) is 5.85. The maximum Gasteiger partial charge on any atom is 0.313 e. The molecule has 2 aromatic carbocycles. The van der Waals surface area contributed by atoms with Gasteiger partial charge in [0.15, 0.2) is 0 Å². The Morgan fingerprint density at radius 1 is 1.03 bits per heavy atom. The summed E-state index contributed by atoms with van der Waals surface area (Å²) in [6, 6.07) is 19.9. The number of ether oxygens (including phenoxy) is 2. The standard InChI is InChI=1S/C25H27NO3/c1-28-25(27)23(16-18-6-2-3-7-18)19-11-14-22(15-12-19)29-17-21-13-10-20-8-4-5-9-24(20)26-21/h4-5,8-15,18,23H,2-3,6-7,16-17H2,1H3. The summed E-state index contributed by atoms with van der Waals surface area (Å²) in [5, 5.41) is 1.12. The molecule has 0 radical (unpaired) electrons. The smallest absolute Gasteiger partial charge is 0.313 e. The highest BCUT2D eigenvalue weighted by molar-refractivity contribution is 5.78. The molecule has 0 amide bonds. The van der Waals surface area contributed by atoms with Crippen LogP contribution in [0.1, 0.15) is 49.3 Å². The average molecular weight is 389 g/mol. The van der Waals surface area contributed by atoms with Gasteiger partial charge in [-0.25, -0.2) is 4.98 Å². The van der Waals surface area contributed by atoms with E-state index in [9.17, 15) is 4.79 Å². The summed E-state index contributed by atoms with van der Waals surface area (Å²) >= 11 is 0. The van der Waals surface area contributed by atoms with E-state index in [-0.39, 0.29) is 11.9 Å². The first-order chi connectivity index (χ1) is 14.2.